The third kappa shape index (κ3) is 4.99. The fourth-order valence-corrected chi connectivity index (χ4v) is 1.72. The van der Waals surface area contributed by atoms with Gasteiger partial charge in [0.05, 0.1) is 12.7 Å². The summed E-state index contributed by atoms with van der Waals surface area (Å²) < 4.78 is 4.82. The zero-order chi connectivity index (χ0) is 11.1. The molecule has 0 unspecified atom stereocenters. The average Bonchev–Trinajstić information content (AvgIpc) is 2.22. The van der Waals surface area contributed by atoms with Gasteiger partial charge in [-0.15, -0.1) is 0 Å². The minimum absolute atomic E-state index is 0.145. The van der Waals surface area contributed by atoms with Gasteiger partial charge in [0.25, 0.3) is 0 Å². The molecule has 15 heavy (non-hydrogen) atoms. The molecule has 0 spiro atoms. The second kappa shape index (κ2) is 6.63. The predicted octanol–water partition coefficient (Wildman–Crippen LogP) is 0.235. The van der Waals surface area contributed by atoms with E-state index in [0.717, 1.165) is 25.7 Å². The fourth-order valence-electron chi connectivity index (χ4n) is 1.72. The normalized spacial score (nSPS) is 26.0. The van der Waals surface area contributed by atoms with Gasteiger partial charge >= 0.3 is 6.03 Å². The molecule has 0 heterocycles. The molecule has 0 radical (unpaired) electrons. The molecular formula is C10H20N2O3. The Balaban J connectivity index is 2.09. The largest absolute Gasteiger partial charge is 0.393 e. The lowest BCUT2D eigenvalue weighted by molar-refractivity contribution is 0.117. The minimum Gasteiger partial charge on any atom is -0.393 e. The van der Waals surface area contributed by atoms with E-state index in [0.29, 0.717) is 13.2 Å². The Labute approximate surface area is 90.2 Å². The molecule has 1 rings (SSSR count). The monoisotopic (exact) mass is 216 g/mol. The van der Waals surface area contributed by atoms with Gasteiger partial charge < -0.3 is 20.5 Å². The molecular weight excluding hydrogens is 196 g/mol. The molecule has 0 aromatic heterocycles. The lowest BCUT2D eigenvalue weighted by Gasteiger charge is -2.26. The first-order valence-corrected chi connectivity index (χ1v) is 5.43. The Bertz CT molecular complexity index is 191. The van der Waals surface area contributed by atoms with Gasteiger partial charge in [0.1, 0.15) is 0 Å². The number of carbonyl (C=O) groups excluding carboxylic acids is 1. The first-order valence-electron chi connectivity index (χ1n) is 5.43. The zero-order valence-electron chi connectivity index (χ0n) is 9.16. The van der Waals surface area contributed by atoms with Gasteiger partial charge in [0, 0.05) is 19.7 Å². The first kappa shape index (κ1) is 12.3. The number of hydrogen-bond acceptors (Lipinski definition) is 3. The van der Waals surface area contributed by atoms with E-state index in [1.165, 1.54) is 0 Å². The van der Waals surface area contributed by atoms with E-state index in [2.05, 4.69) is 10.6 Å². The van der Waals surface area contributed by atoms with Gasteiger partial charge in [-0.05, 0) is 25.7 Å². The second-order valence-corrected chi connectivity index (χ2v) is 3.90. The van der Waals surface area contributed by atoms with Crippen molar-refractivity contribution in [3.05, 3.63) is 0 Å². The van der Waals surface area contributed by atoms with Crippen LogP contribution in [0.1, 0.15) is 25.7 Å². The van der Waals surface area contributed by atoms with Gasteiger partial charge in [-0.1, -0.05) is 0 Å². The molecule has 0 aliphatic heterocycles. The van der Waals surface area contributed by atoms with Crippen molar-refractivity contribution in [2.45, 2.75) is 37.8 Å². The van der Waals surface area contributed by atoms with E-state index in [1.807, 2.05) is 0 Å². The van der Waals surface area contributed by atoms with Crippen LogP contribution in [0.3, 0.4) is 0 Å². The Morgan fingerprint density at radius 3 is 2.67 bits per heavy atom. The number of aliphatic hydroxyl groups is 1. The summed E-state index contributed by atoms with van der Waals surface area (Å²) in [5.41, 5.74) is 0. The van der Waals surface area contributed by atoms with Crippen molar-refractivity contribution in [1.82, 2.24) is 10.6 Å². The van der Waals surface area contributed by atoms with Crippen LogP contribution in [-0.2, 0) is 4.74 Å². The third-order valence-corrected chi connectivity index (χ3v) is 2.62. The predicted molar refractivity (Wildman–Crippen MR) is 56.7 cm³/mol. The summed E-state index contributed by atoms with van der Waals surface area (Å²) >= 11 is 0. The summed E-state index contributed by atoms with van der Waals surface area (Å²) in [5, 5.41) is 14.9. The van der Waals surface area contributed by atoms with E-state index < -0.39 is 0 Å². The molecule has 1 aliphatic carbocycles. The van der Waals surface area contributed by atoms with E-state index in [1.54, 1.807) is 7.11 Å². The van der Waals surface area contributed by atoms with Gasteiger partial charge in [-0.3, -0.25) is 0 Å². The van der Waals surface area contributed by atoms with Crippen LogP contribution in [0.4, 0.5) is 4.79 Å². The standard InChI is InChI=1S/C10H20N2O3/c1-15-7-6-11-10(14)12-8-2-4-9(13)5-3-8/h8-9,13H,2-7H2,1H3,(H2,11,12,14). The summed E-state index contributed by atoms with van der Waals surface area (Å²) in [5.74, 6) is 0. The lowest BCUT2D eigenvalue weighted by Crippen LogP contribution is -2.44. The fraction of sp³-hybridized carbons (Fsp3) is 0.900. The van der Waals surface area contributed by atoms with E-state index in [-0.39, 0.29) is 18.2 Å². The molecule has 88 valence electrons. The number of ether oxygens (including phenoxy) is 1. The molecule has 0 bridgehead atoms. The van der Waals surface area contributed by atoms with Crippen LogP contribution in [0.15, 0.2) is 0 Å². The molecule has 3 N–H and O–H groups in total. The van der Waals surface area contributed by atoms with Crippen LogP contribution in [0, 0.1) is 0 Å². The highest BCUT2D eigenvalue weighted by Gasteiger charge is 2.20. The Morgan fingerprint density at radius 1 is 1.40 bits per heavy atom. The SMILES string of the molecule is COCCNC(=O)NC1CCC(O)CC1. The van der Waals surface area contributed by atoms with Crippen molar-refractivity contribution in [3.63, 3.8) is 0 Å². The highest BCUT2D eigenvalue weighted by atomic mass is 16.5. The Hall–Kier alpha value is -0.810. The second-order valence-electron chi connectivity index (χ2n) is 3.90. The summed E-state index contributed by atoms with van der Waals surface area (Å²) in [6.07, 6.45) is 3.10. The van der Waals surface area contributed by atoms with Crippen LogP contribution in [0.5, 0.6) is 0 Å². The maximum Gasteiger partial charge on any atom is 0.315 e. The molecule has 2 amide bonds. The molecule has 1 saturated carbocycles. The number of methoxy groups -OCH3 is 1. The third-order valence-electron chi connectivity index (χ3n) is 2.62. The van der Waals surface area contributed by atoms with Crippen molar-refractivity contribution >= 4 is 6.03 Å². The molecule has 5 heteroatoms. The van der Waals surface area contributed by atoms with Crippen molar-refractivity contribution < 1.29 is 14.6 Å². The van der Waals surface area contributed by atoms with Crippen LogP contribution < -0.4 is 10.6 Å². The topological polar surface area (TPSA) is 70.6 Å². The van der Waals surface area contributed by atoms with Crippen LogP contribution in [-0.4, -0.2) is 43.5 Å². The summed E-state index contributed by atoms with van der Waals surface area (Å²) in [6, 6.07) is 0.0596. The minimum atomic E-state index is -0.181. The molecule has 0 atom stereocenters. The quantitative estimate of drug-likeness (QED) is 0.589. The zero-order valence-corrected chi connectivity index (χ0v) is 9.16. The molecule has 0 saturated heterocycles. The van der Waals surface area contributed by atoms with Crippen molar-refractivity contribution in [1.29, 1.82) is 0 Å². The van der Waals surface area contributed by atoms with Crippen LogP contribution in [0.25, 0.3) is 0 Å². The number of nitrogens with one attached hydrogen (secondary N) is 2. The van der Waals surface area contributed by atoms with Crippen LogP contribution in [0.2, 0.25) is 0 Å². The molecule has 0 aromatic rings. The maximum atomic E-state index is 11.3. The number of amides is 2. The molecule has 1 fully saturated rings. The van der Waals surface area contributed by atoms with Crippen molar-refractivity contribution in [2.24, 2.45) is 0 Å². The number of carbonyl (C=O) groups is 1. The Kier molecular flexibility index (Phi) is 5.42. The first-order chi connectivity index (χ1) is 7.22. The Morgan fingerprint density at radius 2 is 2.07 bits per heavy atom. The van der Waals surface area contributed by atoms with E-state index in [9.17, 15) is 9.90 Å². The molecule has 0 aromatic carbocycles. The van der Waals surface area contributed by atoms with E-state index in [4.69, 9.17) is 4.74 Å². The molecule has 5 nitrogen and oxygen atoms in total. The summed E-state index contributed by atoms with van der Waals surface area (Å²) in [6.45, 7) is 1.05. The number of aliphatic hydroxyl groups excluding tert-OH is 1. The summed E-state index contributed by atoms with van der Waals surface area (Å²) in [4.78, 5) is 11.3. The van der Waals surface area contributed by atoms with Crippen LogP contribution >= 0.6 is 0 Å². The van der Waals surface area contributed by atoms with Gasteiger partial charge in [0.2, 0.25) is 0 Å². The van der Waals surface area contributed by atoms with Gasteiger partial charge in [-0.25, -0.2) is 4.79 Å². The average molecular weight is 216 g/mol. The number of urea groups is 1. The number of rotatable bonds is 4. The molecule has 1 aliphatic rings. The van der Waals surface area contributed by atoms with Crippen molar-refractivity contribution in [2.75, 3.05) is 20.3 Å². The number of hydrogen-bond donors (Lipinski definition) is 3. The maximum absolute atomic E-state index is 11.3. The van der Waals surface area contributed by atoms with Gasteiger partial charge in [0.15, 0.2) is 0 Å². The highest BCUT2D eigenvalue weighted by Crippen LogP contribution is 2.17. The van der Waals surface area contributed by atoms with Crippen molar-refractivity contribution in [3.8, 4) is 0 Å². The highest BCUT2D eigenvalue weighted by molar-refractivity contribution is 5.74. The lowest BCUT2D eigenvalue weighted by atomic mass is 9.93. The smallest absolute Gasteiger partial charge is 0.315 e. The van der Waals surface area contributed by atoms with E-state index >= 15 is 0 Å². The van der Waals surface area contributed by atoms with Gasteiger partial charge in [-0.2, -0.15) is 0 Å². The summed E-state index contributed by atoms with van der Waals surface area (Å²) in [7, 11) is 1.60.